The fraction of sp³-hybridized carbons (Fsp3) is 0.286. The largest absolute Gasteiger partial charge is 0.478 e. The number of aliphatic imine (C=N–C) groups is 1. The summed E-state index contributed by atoms with van der Waals surface area (Å²) in [5.41, 5.74) is 2.01. The SMILES string of the molecule is CCN1c2cc(C(=O)O)c(C)cc2N=C2C(=O)NC(=O)NC21. The third-order valence-corrected chi connectivity index (χ3v) is 3.74. The third kappa shape index (κ3) is 2.00. The van der Waals surface area contributed by atoms with Crippen LogP contribution in [0.4, 0.5) is 16.2 Å². The van der Waals surface area contributed by atoms with Crippen LogP contribution in [0, 0.1) is 6.92 Å². The average Bonchev–Trinajstić information content (AvgIpc) is 2.44. The Bertz CT molecular complexity index is 741. The van der Waals surface area contributed by atoms with E-state index in [0.717, 1.165) is 0 Å². The Morgan fingerprint density at radius 1 is 1.41 bits per heavy atom. The van der Waals surface area contributed by atoms with Gasteiger partial charge in [-0.25, -0.2) is 14.6 Å². The van der Waals surface area contributed by atoms with E-state index < -0.39 is 24.1 Å². The van der Waals surface area contributed by atoms with Gasteiger partial charge in [0.25, 0.3) is 5.91 Å². The Labute approximate surface area is 125 Å². The number of rotatable bonds is 2. The first-order valence-corrected chi connectivity index (χ1v) is 6.77. The molecule has 1 aromatic carbocycles. The number of aryl methyl sites for hydroxylation is 1. The van der Waals surface area contributed by atoms with E-state index in [9.17, 15) is 19.5 Å². The first kappa shape index (κ1) is 14.1. The van der Waals surface area contributed by atoms with Crippen LogP contribution < -0.4 is 15.5 Å². The van der Waals surface area contributed by atoms with Crippen molar-refractivity contribution in [3.05, 3.63) is 23.3 Å². The second kappa shape index (κ2) is 4.83. The Morgan fingerprint density at radius 3 is 2.77 bits per heavy atom. The molecule has 3 rings (SSSR count). The van der Waals surface area contributed by atoms with Gasteiger partial charge in [0.2, 0.25) is 0 Å². The summed E-state index contributed by atoms with van der Waals surface area (Å²) in [7, 11) is 0. The summed E-state index contributed by atoms with van der Waals surface area (Å²) in [6.07, 6.45) is -0.692. The number of amides is 3. The van der Waals surface area contributed by atoms with Gasteiger partial charge < -0.3 is 15.3 Å². The van der Waals surface area contributed by atoms with Crippen molar-refractivity contribution >= 4 is 35.0 Å². The lowest BCUT2D eigenvalue weighted by Gasteiger charge is -2.39. The van der Waals surface area contributed by atoms with E-state index in [1.165, 1.54) is 6.07 Å². The molecule has 1 atom stereocenters. The second-order valence-corrected chi connectivity index (χ2v) is 5.07. The van der Waals surface area contributed by atoms with Crippen LogP contribution in [0.15, 0.2) is 17.1 Å². The van der Waals surface area contributed by atoms with Gasteiger partial charge in [-0.2, -0.15) is 0 Å². The molecule has 2 aliphatic rings. The molecule has 0 bridgehead atoms. The fourth-order valence-corrected chi connectivity index (χ4v) is 2.71. The molecule has 0 aromatic heterocycles. The smallest absolute Gasteiger partial charge is 0.336 e. The number of fused-ring (bicyclic) bond motifs is 2. The number of carboxylic acids is 1. The molecule has 22 heavy (non-hydrogen) atoms. The molecule has 3 N–H and O–H groups in total. The molecule has 0 spiro atoms. The van der Waals surface area contributed by atoms with E-state index >= 15 is 0 Å². The number of nitrogens with zero attached hydrogens (tertiary/aromatic N) is 2. The van der Waals surface area contributed by atoms with Crippen LogP contribution in [-0.2, 0) is 4.79 Å². The highest BCUT2D eigenvalue weighted by Crippen LogP contribution is 2.37. The molecular formula is C14H14N4O4. The maximum absolute atomic E-state index is 11.9. The first-order chi connectivity index (χ1) is 10.4. The maximum atomic E-state index is 11.9. The normalized spacial score (nSPS) is 19.6. The Morgan fingerprint density at radius 2 is 2.14 bits per heavy atom. The summed E-state index contributed by atoms with van der Waals surface area (Å²) in [5, 5.41) is 14.0. The third-order valence-electron chi connectivity index (χ3n) is 3.74. The van der Waals surface area contributed by atoms with Gasteiger partial charge in [-0.1, -0.05) is 0 Å². The van der Waals surface area contributed by atoms with Crippen LogP contribution >= 0.6 is 0 Å². The van der Waals surface area contributed by atoms with Crippen molar-refractivity contribution in [3.8, 4) is 0 Å². The fourth-order valence-electron chi connectivity index (χ4n) is 2.71. The molecule has 3 amide bonds. The van der Waals surface area contributed by atoms with Crippen LogP contribution in [0.5, 0.6) is 0 Å². The van der Waals surface area contributed by atoms with Crippen LogP contribution in [0.25, 0.3) is 0 Å². The van der Waals surface area contributed by atoms with Gasteiger partial charge in [0, 0.05) is 6.54 Å². The highest BCUT2D eigenvalue weighted by atomic mass is 16.4. The minimum Gasteiger partial charge on any atom is -0.478 e. The van der Waals surface area contributed by atoms with Crippen molar-refractivity contribution in [2.45, 2.75) is 20.0 Å². The molecule has 8 heteroatoms. The zero-order valence-corrected chi connectivity index (χ0v) is 12.0. The number of carbonyl (C=O) groups is 3. The topological polar surface area (TPSA) is 111 Å². The highest BCUT2D eigenvalue weighted by Gasteiger charge is 2.39. The van der Waals surface area contributed by atoms with Crippen LogP contribution in [0.3, 0.4) is 0 Å². The number of nitrogens with one attached hydrogen (secondary N) is 2. The second-order valence-electron chi connectivity index (χ2n) is 5.07. The molecule has 2 aliphatic heterocycles. The van der Waals surface area contributed by atoms with Gasteiger partial charge in [0.15, 0.2) is 6.17 Å². The molecule has 0 aliphatic carbocycles. The number of imide groups is 1. The number of carbonyl (C=O) groups excluding carboxylic acids is 2. The van der Waals surface area contributed by atoms with E-state index in [0.29, 0.717) is 23.5 Å². The van der Waals surface area contributed by atoms with E-state index in [2.05, 4.69) is 15.6 Å². The summed E-state index contributed by atoms with van der Waals surface area (Å²) >= 11 is 0. The number of hydrogen-bond acceptors (Lipinski definition) is 5. The van der Waals surface area contributed by atoms with Crippen LogP contribution in [-0.4, -0.2) is 41.4 Å². The first-order valence-electron chi connectivity index (χ1n) is 6.77. The van der Waals surface area contributed by atoms with Crippen LogP contribution in [0.2, 0.25) is 0 Å². The predicted molar refractivity (Wildman–Crippen MR) is 78.7 cm³/mol. The van der Waals surface area contributed by atoms with Gasteiger partial charge in [0.05, 0.1) is 16.9 Å². The lowest BCUT2D eigenvalue weighted by Crippen LogP contribution is -2.65. The molecule has 1 aromatic rings. The van der Waals surface area contributed by atoms with Crippen molar-refractivity contribution in [2.75, 3.05) is 11.4 Å². The Kier molecular flexibility index (Phi) is 3.09. The average molecular weight is 302 g/mol. The summed E-state index contributed by atoms with van der Waals surface area (Å²) in [5.74, 6) is -1.57. The zero-order valence-electron chi connectivity index (χ0n) is 12.0. The van der Waals surface area contributed by atoms with E-state index in [-0.39, 0.29) is 11.3 Å². The minimum atomic E-state index is -1.03. The number of carboxylic acid groups (broad SMARTS) is 1. The molecule has 1 unspecified atom stereocenters. The monoisotopic (exact) mass is 302 g/mol. The van der Waals surface area contributed by atoms with E-state index in [1.807, 2.05) is 6.92 Å². The summed E-state index contributed by atoms with van der Waals surface area (Å²) < 4.78 is 0. The predicted octanol–water partition coefficient (Wildman–Crippen LogP) is 0.771. The number of urea groups is 1. The molecule has 8 nitrogen and oxygen atoms in total. The molecule has 114 valence electrons. The quantitative estimate of drug-likeness (QED) is 0.747. The van der Waals surface area contributed by atoms with Crippen molar-refractivity contribution in [2.24, 2.45) is 4.99 Å². The van der Waals surface area contributed by atoms with Crippen LogP contribution in [0.1, 0.15) is 22.8 Å². The van der Waals surface area contributed by atoms with Crippen molar-refractivity contribution in [1.82, 2.24) is 10.6 Å². The van der Waals surface area contributed by atoms with Gasteiger partial charge in [0.1, 0.15) is 5.71 Å². The van der Waals surface area contributed by atoms with Crippen molar-refractivity contribution < 1.29 is 19.5 Å². The standard InChI is InChI=1S/C14H14N4O4/c1-3-18-9-5-7(13(20)21)6(2)4-8(9)15-10-11(18)16-14(22)17-12(10)19/h4-5,11H,3H2,1-2H3,(H,20,21)(H2,16,17,19,22). The molecule has 0 radical (unpaired) electrons. The van der Waals surface area contributed by atoms with E-state index in [1.54, 1.807) is 17.9 Å². The van der Waals surface area contributed by atoms with Crippen molar-refractivity contribution in [3.63, 3.8) is 0 Å². The molecule has 1 saturated heterocycles. The van der Waals surface area contributed by atoms with E-state index in [4.69, 9.17) is 0 Å². The number of hydrogen-bond donors (Lipinski definition) is 3. The lowest BCUT2D eigenvalue weighted by atomic mass is 10.0. The van der Waals surface area contributed by atoms with Gasteiger partial charge >= 0.3 is 12.0 Å². The molecule has 0 saturated carbocycles. The summed E-state index contributed by atoms with van der Waals surface area (Å²) in [6.45, 7) is 4.01. The van der Waals surface area contributed by atoms with Gasteiger partial charge in [-0.05, 0) is 31.5 Å². The number of aromatic carboxylic acids is 1. The summed E-state index contributed by atoms with van der Waals surface area (Å²) in [6, 6.07) is 2.56. The minimum absolute atomic E-state index is 0.169. The highest BCUT2D eigenvalue weighted by molar-refractivity contribution is 6.46. The molecule has 2 heterocycles. The Balaban J connectivity index is 2.19. The van der Waals surface area contributed by atoms with Gasteiger partial charge in [-0.15, -0.1) is 0 Å². The van der Waals surface area contributed by atoms with Gasteiger partial charge in [-0.3, -0.25) is 10.1 Å². The number of benzene rings is 1. The maximum Gasteiger partial charge on any atom is 0.336 e. The Hall–Kier alpha value is -2.90. The summed E-state index contributed by atoms with van der Waals surface area (Å²) in [4.78, 5) is 40.8. The lowest BCUT2D eigenvalue weighted by molar-refractivity contribution is -0.114. The molecular weight excluding hydrogens is 288 g/mol. The number of anilines is 1. The zero-order chi connectivity index (χ0) is 16.0. The van der Waals surface area contributed by atoms with Crippen molar-refractivity contribution in [1.29, 1.82) is 0 Å². The molecule has 1 fully saturated rings.